The zero-order valence-electron chi connectivity index (χ0n) is 16.5. The number of hydrogen-bond donors (Lipinski definition) is 2. The second kappa shape index (κ2) is 10.2. The van der Waals surface area contributed by atoms with Gasteiger partial charge in [0.1, 0.15) is 11.8 Å². The van der Waals surface area contributed by atoms with Gasteiger partial charge in [0.25, 0.3) is 5.91 Å². The summed E-state index contributed by atoms with van der Waals surface area (Å²) >= 11 is 1.54. The van der Waals surface area contributed by atoms with E-state index >= 15 is 0 Å². The quantitative estimate of drug-likeness (QED) is 0.635. The van der Waals surface area contributed by atoms with Crippen molar-refractivity contribution in [2.24, 2.45) is 0 Å². The van der Waals surface area contributed by atoms with Gasteiger partial charge in [-0.05, 0) is 41.7 Å². The summed E-state index contributed by atoms with van der Waals surface area (Å²) < 4.78 is 5.52. The minimum Gasteiger partial charge on any atom is -0.484 e. The van der Waals surface area contributed by atoms with Crippen LogP contribution in [0.4, 0.5) is 0 Å². The highest BCUT2D eigenvalue weighted by Crippen LogP contribution is 2.32. The van der Waals surface area contributed by atoms with E-state index in [0.717, 1.165) is 5.56 Å². The van der Waals surface area contributed by atoms with E-state index in [-0.39, 0.29) is 12.0 Å². The standard InChI is InChI=1S/C22H27NO4S/c1-22(2,16-7-5-4-6-8-16)17-9-11-18(12-10-17)27-15-20(24)23-19(21(25)26)13-14-28-3/h4-12,19H,13-15H2,1-3H3,(H,23,24)(H,25,26)/t19-/m0/s1. The number of carbonyl (C=O) groups is 2. The van der Waals surface area contributed by atoms with Crippen molar-refractivity contribution in [2.45, 2.75) is 31.7 Å². The maximum Gasteiger partial charge on any atom is 0.326 e. The van der Waals surface area contributed by atoms with Crippen LogP contribution in [0.2, 0.25) is 0 Å². The van der Waals surface area contributed by atoms with Gasteiger partial charge in [0.05, 0.1) is 0 Å². The molecular weight excluding hydrogens is 374 g/mol. The summed E-state index contributed by atoms with van der Waals surface area (Å²) in [6.07, 6.45) is 2.28. The Labute approximate surface area is 170 Å². The Morgan fingerprint density at radius 2 is 1.68 bits per heavy atom. The highest BCUT2D eigenvalue weighted by atomic mass is 32.2. The molecule has 0 saturated carbocycles. The summed E-state index contributed by atoms with van der Waals surface area (Å²) in [6, 6.07) is 17.0. The Hall–Kier alpha value is -2.47. The Morgan fingerprint density at radius 3 is 2.25 bits per heavy atom. The van der Waals surface area contributed by atoms with Crippen molar-refractivity contribution in [3.05, 3.63) is 65.7 Å². The number of carboxylic acid groups (broad SMARTS) is 1. The van der Waals surface area contributed by atoms with Crippen LogP contribution in [0, 0.1) is 0 Å². The molecule has 1 atom stereocenters. The zero-order valence-corrected chi connectivity index (χ0v) is 17.3. The molecule has 0 bridgehead atoms. The number of thioether (sulfide) groups is 1. The third-order valence-electron chi connectivity index (χ3n) is 4.69. The van der Waals surface area contributed by atoms with Crippen LogP contribution in [0.1, 0.15) is 31.4 Å². The van der Waals surface area contributed by atoms with E-state index < -0.39 is 17.9 Å². The molecule has 0 spiro atoms. The van der Waals surface area contributed by atoms with Gasteiger partial charge in [-0.3, -0.25) is 4.79 Å². The van der Waals surface area contributed by atoms with Crippen LogP contribution in [-0.2, 0) is 15.0 Å². The molecule has 2 rings (SSSR count). The maximum atomic E-state index is 12.0. The molecule has 0 radical (unpaired) electrons. The maximum absolute atomic E-state index is 12.0. The fraction of sp³-hybridized carbons (Fsp3) is 0.364. The summed E-state index contributed by atoms with van der Waals surface area (Å²) in [6.45, 7) is 4.10. The number of aliphatic carboxylic acids is 1. The van der Waals surface area contributed by atoms with Crippen LogP contribution < -0.4 is 10.1 Å². The van der Waals surface area contributed by atoms with E-state index in [9.17, 15) is 9.59 Å². The molecule has 0 aromatic heterocycles. The van der Waals surface area contributed by atoms with E-state index in [4.69, 9.17) is 9.84 Å². The molecule has 0 heterocycles. The van der Waals surface area contributed by atoms with E-state index in [1.165, 1.54) is 5.56 Å². The molecule has 5 nitrogen and oxygen atoms in total. The molecule has 6 heteroatoms. The normalized spacial score (nSPS) is 12.2. The average molecular weight is 402 g/mol. The molecule has 2 aromatic carbocycles. The first-order valence-corrected chi connectivity index (χ1v) is 10.5. The molecule has 0 fully saturated rings. The van der Waals surface area contributed by atoms with Gasteiger partial charge in [-0.1, -0.05) is 56.3 Å². The van der Waals surface area contributed by atoms with E-state index in [0.29, 0.717) is 17.9 Å². The van der Waals surface area contributed by atoms with Crippen molar-refractivity contribution in [2.75, 3.05) is 18.6 Å². The molecular formula is C22H27NO4S. The number of benzene rings is 2. The number of hydrogen-bond acceptors (Lipinski definition) is 4. The van der Waals surface area contributed by atoms with Gasteiger partial charge in [-0.2, -0.15) is 11.8 Å². The van der Waals surface area contributed by atoms with Crippen LogP contribution >= 0.6 is 11.8 Å². The molecule has 0 aliphatic rings. The Bertz CT molecular complexity index is 775. The lowest BCUT2D eigenvalue weighted by Gasteiger charge is -2.26. The minimum absolute atomic E-state index is 0.150. The number of carbonyl (C=O) groups excluding carboxylic acids is 1. The third kappa shape index (κ3) is 6.02. The van der Waals surface area contributed by atoms with Gasteiger partial charge in [0.15, 0.2) is 6.61 Å². The van der Waals surface area contributed by atoms with Crippen LogP contribution in [0.5, 0.6) is 5.75 Å². The smallest absolute Gasteiger partial charge is 0.326 e. The minimum atomic E-state index is -1.03. The highest BCUT2D eigenvalue weighted by Gasteiger charge is 2.23. The van der Waals surface area contributed by atoms with Crippen molar-refractivity contribution >= 4 is 23.6 Å². The van der Waals surface area contributed by atoms with Gasteiger partial charge in [0, 0.05) is 5.41 Å². The van der Waals surface area contributed by atoms with Crippen LogP contribution in [0.25, 0.3) is 0 Å². The number of rotatable bonds is 10. The summed E-state index contributed by atoms with van der Waals surface area (Å²) in [4.78, 5) is 23.2. The van der Waals surface area contributed by atoms with Gasteiger partial charge in [-0.25, -0.2) is 4.79 Å². The second-order valence-electron chi connectivity index (χ2n) is 7.04. The Balaban J connectivity index is 1.93. The third-order valence-corrected chi connectivity index (χ3v) is 5.33. The molecule has 0 aliphatic carbocycles. The number of ether oxygens (including phenoxy) is 1. The van der Waals surface area contributed by atoms with E-state index in [2.05, 4.69) is 31.3 Å². The monoisotopic (exact) mass is 401 g/mol. The predicted octanol–water partition coefficient (Wildman–Crippen LogP) is 3.71. The van der Waals surface area contributed by atoms with Crippen molar-refractivity contribution in [1.29, 1.82) is 0 Å². The van der Waals surface area contributed by atoms with E-state index in [1.54, 1.807) is 11.8 Å². The highest BCUT2D eigenvalue weighted by molar-refractivity contribution is 7.98. The topological polar surface area (TPSA) is 75.6 Å². The van der Waals surface area contributed by atoms with Crippen LogP contribution in [0.3, 0.4) is 0 Å². The molecule has 0 saturated heterocycles. The number of nitrogens with one attached hydrogen (secondary N) is 1. The van der Waals surface area contributed by atoms with Gasteiger partial charge in [0.2, 0.25) is 0 Å². The van der Waals surface area contributed by atoms with Crippen molar-refractivity contribution in [3.8, 4) is 5.75 Å². The van der Waals surface area contributed by atoms with Crippen LogP contribution in [0.15, 0.2) is 54.6 Å². The molecule has 28 heavy (non-hydrogen) atoms. The first kappa shape index (κ1) is 21.8. The lowest BCUT2D eigenvalue weighted by atomic mass is 9.78. The second-order valence-corrected chi connectivity index (χ2v) is 8.03. The largest absolute Gasteiger partial charge is 0.484 e. The Morgan fingerprint density at radius 1 is 1.07 bits per heavy atom. The number of amides is 1. The molecule has 150 valence electrons. The molecule has 2 aromatic rings. The fourth-order valence-corrected chi connectivity index (χ4v) is 3.34. The van der Waals surface area contributed by atoms with Crippen LogP contribution in [-0.4, -0.2) is 41.6 Å². The predicted molar refractivity (Wildman–Crippen MR) is 113 cm³/mol. The first-order chi connectivity index (χ1) is 13.3. The lowest BCUT2D eigenvalue weighted by molar-refractivity contribution is -0.142. The fourth-order valence-electron chi connectivity index (χ4n) is 2.87. The first-order valence-electron chi connectivity index (χ1n) is 9.14. The summed E-state index contributed by atoms with van der Waals surface area (Å²) in [5, 5.41) is 11.7. The van der Waals surface area contributed by atoms with Gasteiger partial charge in [-0.15, -0.1) is 0 Å². The molecule has 0 aliphatic heterocycles. The summed E-state index contributed by atoms with van der Waals surface area (Å²) in [5.41, 5.74) is 2.20. The number of carboxylic acids is 1. The Kier molecular flexibility index (Phi) is 7.93. The lowest BCUT2D eigenvalue weighted by Crippen LogP contribution is -2.43. The van der Waals surface area contributed by atoms with E-state index in [1.807, 2.05) is 48.7 Å². The summed E-state index contributed by atoms with van der Waals surface area (Å²) in [7, 11) is 0. The summed E-state index contributed by atoms with van der Waals surface area (Å²) in [5.74, 6) is -0.243. The molecule has 2 N–H and O–H groups in total. The van der Waals surface area contributed by atoms with Crippen molar-refractivity contribution in [1.82, 2.24) is 5.32 Å². The zero-order chi connectivity index (χ0) is 20.6. The van der Waals surface area contributed by atoms with Gasteiger partial charge < -0.3 is 15.2 Å². The molecule has 0 unspecified atom stereocenters. The van der Waals surface area contributed by atoms with Gasteiger partial charge >= 0.3 is 5.97 Å². The van der Waals surface area contributed by atoms with Crippen molar-refractivity contribution < 1.29 is 19.4 Å². The SMILES string of the molecule is CSCC[C@H](NC(=O)COc1ccc(C(C)(C)c2ccccc2)cc1)C(=O)O. The molecule has 1 amide bonds. The average Bonchev–Trinajstić information content (AvgIpc) is 2.70. The van der Waals surface area contributed by atoms with Crippen molar-refractivity contribution in [3.63, 3.8) is 0 Å².